The van der Waals surface area contributed by atoms with E-state index >= 15 is 0 Å². The number of methoxy groups -OCH3 is 2. The average molecular weight is 366 g/mol. The molecule has 0 unspecified atom stereocenters. The van der Waals surface area contributed by atoms with Gasteiger partial charge < -0.3 is 14.4 Å². The van der Waals surface area contributed by atoms with Gasteiger partial charge in [0.05, 0.1) is 14.2 Å². The van der Waals surface area contributed by atoms with Crippen molar-refractivity contribution < 1.29 is 14.3 Å². The first kappa shape index (κ1) is 20.0. The second-order valence-corrected chi connectivity index (χ2v) is 9.22. The molecule has 1 aromatic carbocycles. The molecule has 0 aromatic heterocycles. The topological polar surface area (TPSA) is 38.8 Å². The fraction of sp³-hybridized carbons (Fsp3) is 0.650. The fourth-order valence-electron chi connectivity index (χ4n) is 3.51. The van der Waals surface area contributed by atoms with Crippen LogP contribution in [0.1, 0.15) is 51.5 Å². The molecule has 0 saturated carbocycles. The van der Waals surface area contributed by atoms with E-state index in [-0.39, 0.29) is 16.7 Å². The number of benzene rings is 1. The summed E-state index contributed by atoms with van der Waals surface area (Å²) in [7, 11) is 3.30. The molecule has 1 saturated heterocycles. The van der Waals surface area contributed by atoms with Gasteiger partial charge in [0, 0.05) is 24.8 Å². The Balaban J connectivity index is 2.13. The van der Waals surface area contributed by atoms with E-state index in [1.165, 1.54) is 0 Å². The number of ether oxygens (including phenoxy) is 2. The number of hydrogen-bond acceptors (Lipinski definition) is 4. The molecule has 1 fully saturated rings. The van der Waals surface area contributed by atoms with Gasteiger partial charge in [-0.05, 0) is 35.4 Å². The fourth-order valence-corrected chi connectivity index (χ4v) is 4.76. The lowest BCUT2D eigenvalue weighted by molar-refractivity contribution is -0.132. The number of thioether (sulfide) groups is 1. The Kier molecular flexibility index (Phi) is 6.66. The summed E-state index contributed by atoms with van der Waals surface area (Å²) in [6.45, 7) is 9.66. The van der Waals surface area contributed by atoms with E-state index in [9.17, 15) is 4.79 Å². The van der Waals surface area contributed by atoms with Crippen LogP contribution in [0.5, 0.6) is 11.5 Å². The third-order valence-electron chi connectivity index (χ3n) is 4.35. The smallest absolute Gasteiger partial charge is 0.224 e. The number of amides is 1. The van der Waals surface area contributed by atoms with Crippen molar-refractivity contribution >= 4 is 17.7 Å². The van der Waals surface area contributed by atoms with E-state index in [1.54, 1.807) is 26.0 Å². The minimum absolute atomic E-state index is 0.0401. The van der Waals surface area contributed by atoms with E-state index < -0.39 is 0 Å². The monoisotopic (exact) mass is 365 g/mol. The first-order valence-electron chi connectivity index (χ1n) is 8.87. The first-order chi connectivity index (χ1) is 11.7. The molecule has 1 aromatic rings. The zero-order valence-corrected chi connectivity index (χ0v) is 17.1. The number of rotatable bonds is 6. The van der Waals surface area contributed by atoms with Gasteiger partial charge in [-0.2, -0.15) is 0 Å². The Hall–Kier alpha value is -1.36. The molecule has 1 aliphatic rings. The summed E-state index contributed by atoms with van der Waals surface area (Å²) < 4.78 is 10.8. The number of carbonyl (C=O) groups is 1. The van der Waals surface area contributed by atoms with Gasteiger partial charge >= 0.3 is 0 Å². The Labute approximate surface area is 156 Å². The minimum atomic E-state index is 0.0401. The SMILES string of the molecule is COc1cc(OC)cc([C@@H]2SCCN2C(=O)C[C@H](C)CC(C)(C)C)c1. The molecule has 2 rings (SSSR count). The second kappa shape index (κ2) is 8.35. The van der Waals surface area contributed by atoms with Crippen LogP contribution in [0.15, 0.2) is 18.2 Å². The van der Waals surface area contributed by atoms with Gasteiger partial charge in [0.2, 0.25) is 5.91 Å². The van der Waals surface area contributed by atoms with Crippen LogP contribution in [-0.2, 0) is 4.79 Å². The van der Waals surface area contributed by atoms with Crippen LogP contribution < -0.4 is 9.47 Å². The Morgan fingerprint density at radius 3 is 2.36 bits per heavy atom. The van der Waals surface area contributed by atoms with Crippen molar-refractivity contribution in [3.05, 3.63) is 23.8 Å². The lowest BCUT2D eigenvalue weighted by Gasteiger charge is -2.28. The molecule has 1 amide bonds. The molecule has 0 radical (unpaired) electrons. The lowest BCUT2D eigenvalue weighted by atomic mass is 9.84. The molecule has 5 heteroatoms. The van der Waals surface area contributed by atoms with E-state index in [4.69, 9.17) is 9.47 Å². The summed E-state index contributed by atoms with van der Waals surface area (Å²) >= 11 is 1.80. The molecule has 25 heavy (non-hydrogen) atoms. The van der Waals surface area contributed by atoms with E-state index in [0.29, 0.717) is 12.3 Å². The number of carbonyl (C=O) groups excluding carboxylic acids is 1. The summed E-state index contributed by atoms with van der Waals surface area (Å²) in [5.41, 5.74) is 1.31. The van der Waals surface area contributed by atoms with Crippen molar-refractivity contribution in [2.45, 2.75) is 45.9 Å². The highest BCUT2D eigenvalue weighted by Gasteiger charge is 2.32. The highest BCUT2D eigenvalue weighted by molar-refractivity contribution is 7.99. The molecule has 1 aliphatic heterocycles. The van der Waals surface area contributed by atoms with Crippen LogP contribution in [-0.4, -0.2) is 37.3 Å². The van der Waals surface area contributed by atoms with E-state index in [2.05, 4.69) is 27.7 Å². The quantitative estimate of drug-likeness (QED) is 0.730. The van der Waals surface area contributed by atoms with Crippen molar-refractivity contribution in [2.24, 2.45) is 11.3 Å². The van der Waals surface area contributed by atoms with Crippen molar-refractivity contribution in [1.29, 1.82) is 0 Å². The zero-order chi connectivity index (χ0) is 18.6. The lowest BCUT2D eigenvalue weighted by Crippen LogP contribution is -2.32. The summed E-state index contributed by atoms with van der Waals surface area (Å²) in [6.07, 6.45) is 1.66. The maximum absolute atomic E-state index is 12.9. The summed E-state index contributed by atoms with van der Waals surface area (Å²) in [5, 5.41) is 0.0401. The van der Waals surface area contributed by atoms with Crippen molar-refractivity contribution in [3.63, 3.8) is 0 Å². The van der Waals surface area contributed by atoms with Gasteiger partial charge in [-0.25, -0.2) is 0 Å². The van der Waals surface area contributed by atoms with Crippen LogP contribution in [0.4, 0.5) is 0 Å². The molecular formula is C20H31NO3S. The minimum Gasteiger partial charge on any atom is -0.497 e. The Bertz CT molecular complexity index is 575. The Morgan fingerprint density at radius 2 is 1.84 bits per heavy atom. The summed E-state index contributed by atoms with van der Waals surface area (Å²) in [6, 6.07) is 5.87. The molecule has 1 heterocycles. The van der Waals surface area contributed by atoms with Crippen molar-refractivity contribution in [3.8, 4) is 11.5 Å². The van der Waals surface area contributed by atoms with Crippen LogP contribution >= 0.6 is 11.8 Å². The van der Waals surface area contributed by atoms with Gasteiger partial charge in [-0.15, -0.1) is 11.8 Å². The third kappa shape index (κ3) is 5.56. The zero-order valence-electron chi connectivity index (χ0n) is 16.3. The standard InChI is InChI=1S/C20H31NO3S/c1-14(13-20(2,3)4)9-18(22)21-7-8-25-19(21)15-10-16(23-5)12-17(11-15)24-6/h10-12,14,19H,7-9,13H2,1-6H3/t14-,19-/m0/s1. The van der Waals surface area contributed by atoms with Gasteiger partial charge in [0.25, 0.3) is 0 Å². The molecule has 0 N–H and O–H groups in total. The van der Waals surface area contributed by atoms with Crippen LogP contribution in [0.3, 0.4) is 0 Å². The number of hydrogen-bond donors (Lipinski definition) is 0. The van der Waals surface area contributed by atoms with E-state index in [0.717, 1.165) is 35.8 Å². The maximum atomic E-state index is 12.9. The summed E-state index contributed by atoms with van der Waals surface area (Å²) in [4.78, 5) is 14.9. The molecule has 0 aliphatic carbocycles. The predicted molar refractivity (Wildman–Crippen MR) is 104 cm³/mol. The second-order valence-electron chi connectivity index (χ2n) is 8.03. The molecule has 4 nitrogen and oxygen atoms in total. The molecule has 2 atom stereocenters. The highest BCUT2D eigenvalue weighted by atomic mass is 32.2. The first-order valence-corrected chi connectivity index (χ1v) is 9.92. The number of nitrogens with zero attached hydrogens (tertiary/aromatic N) is 1. The largest absolute Gasteiger partial charge is 0.497 e. The highest BCUT2D eigenvalue weighted by Crippen LogP contribution is 2.41. The molecule has 0 spiro atoms. The van der Waals surface area contributed by atoms with Gasteiger partial charge in [-0.1, -0.05) is 27.7 Å². The average Bonchev–Trinajstić information content (AvgIpc) is 3.02. The van der Waals surface area contributed by atoms with Crippen LogP contribution in [0.25, 0.3) is 0 Å². The normalized spacial score (nSPS) is 19.0. The maximum Gasteiger partial charge on any atom is 0.224 e. The van der Waals surface area contributed by atoms with E-state index in [1.807, 2.05) is 23.1 Å². The Morgan fingerprint density at radius 1 is 1.24 bits per heavy atom. The van der Waals surface area contributed by atoms with Crippen molar-refractivity contribution in [2.75, 3.05) is 26.5 Å². The summed E-state index contributed by atoms with van der Waals surface area (Å²) in [5.74, 6) is 3.11. The van der Waals surface area contributed by atoms with Gasteiger partial charge in [0.15, 0.2) is 0 Å². The molecule has 0 bridgehead atoms. The predicted octanol–water partition coefficient (Wildman–Crippen LogP) is 4.74. The van der Waals surface area contributed by atoms with Crippen LogP contribution in [0.2, 0.25) is 0 Å². The molecular weight excluding hydrogens is 334 g/mol. The van der Waals surface area contributed by atoms with Crippen molar-refractivity contribution in [1.82, 2.24) is 4.90 Å². The molecule has 140 valence electrons. The van der Waals surface area contributed by atoms with Gasteiger partial charge in [-0.3, -0.25) is 4.79 Å². The third-order valence-corrected chi connectivity index (χ3v) is 5.61. The van der Waals surface area contributed by atoms with Crippen LogP contribution in [0, 0.1) is 11.3 Å². The van der Waals surface area contributed by atoms with Gasteiger partial charge in [0.1, 0.15) is 16.9 Å².